The highest BCUT2D eigenvalue weighted by Gasteiger charge is 2.28. The van der Waals surface area contributed by atoms with Gasteiger partial charge in [0.15, 0.2) is 0 Å². The van der Waals surface area contributed by atoms with Crippen molar-refractivity contribution in [2.75, 3.05) is 7.11 Å². The molecule has 1 aromatic heterocycles. The predicted octanol–water partition coefficient (Wildman–Crippen LogP) is 6.68. The number of alkyl halides is 2. The first-order valence-corrected chi connectivity index (χ1v) is 11.4. The molecule has 0 aliphatic rings. The topological polar surface area (TPSA) is 52.1 Å². The van der Waals surface area contributed by atoms with Gasteiger partial charge in [0, 0.05) is 48.3 Å². The number of hydrogen-bond donors (Lipinski definition) is 0. The molecule has 4 nitrogen and oxygen atoms in total. The number of ether oxygens (including phenoxy) is 1. The number of ketones is 1. The van der Waals surface area contributed by atoms with Crippen LogP contribution in [0.15, 0.2) is 85.2 Å². The van der Waals surface area contributed by atoms with E-state index in [1.807, 2.05) is 48.5 Å². The fourth-order valence-electron chi connectivity index (χ4n) is 3.88. The van der Waals surface area contributed by atoms with Crippen LogP contribution in [0.4, 0.5) is 8.78 Å². The van der Waals surface area contributed by atoms with Crippen molar-refractivity contribution >= 4 is 5.78 Å². The average molecular weight is 473 g/mol. The second-order valence-electron chi connectivity index (χ2n) is 8.33. The summed E-state index contributed by atoms with van der Waals surface area (Å²) < 4.78 is 32.8. The van der Waals surface area contributed by atoms with Crippen molar-refractivity contribution in [1.82, 2.24) is 9.97 Å². The van der Waals surface area contributed by atoms with Gasteiger partial charge in [0.1, 0.15) is 11.5 Å². The number of aromatic nitrogens is 2. The fraction of sp³-hybridized carbons (Fsp3) is 0.207. The summed E-state index contributed by atoms with van der Waals surface area (Å²) in [5, 5.41) is 0. The summed E-state index contributed by atoms with van der Waals surface area (Å²) in [6.07, 6.45) is 3.52. The number of halogens is 2. The molecule has 0 atom stereocenters. The molecule has 0 aliphatic carbocycles. The van der Waals surface area contributed by atoms with E-state index in [2.05, 4.69) is 9.97 Å². The van der Waals surface area contributed by atoms with Crippen molar-refractivity contribution in [3.63, 3.8) is 0 Å². The first-order chi connectivity index (χ1) is 16.9. The summed E-state index contributed by atoms with van der Waals surface area (Å²) in [4.78, 5) is 21.6. The summed E-state index contributed by atoms with van der Waals surface area (Å²) in [6.45, 7) is 1.45. The molecule has 35 heavy (non-hydrogen) atoms. The zero-order valence-corrected chi connectivity index (χ0v) is 19.7. The Morgan fingerprint density at radius 3 is 1.69 bits per heavy atom. The standard InChI is InChI=1S/C29H26F2N2O2/c1-3-29(30,31)24-12-6-21(7-13-24)19-25(34)18-20-4-8-22(9-5-20)27-28(33-17-16-32-27)23-10-14-26(35-2)15-11-23/h4-17H,3,18-19H2,1-2H3. The third-order valence-electron chi connectivity index (χ3n) is 5.91. The maximum atomic E-state index is 13.8. The van der Waals surface area contributed by atoms with Gasteiger partial charge in [-0.3, -0.25) is 14.8 Å². The normalized spacial score (nSPS) is 11.3. The predicted molar refractivity (Wildman–Crippen MR) is 132 cm³/mol. The van der Waals surface area contributed by atoms with Gasteiger partial charge in [0.2, 0.25) is 0 Å². The van der Waals surface area contributed by atoms with E-state index in [0.717, 1.165) is 39.4 Å². The van der Waals surface area contributed by atoms with E-state index in [4.69, 9.17) is 4.74 Å². The van der Waals surface area contributed by atoms with Crippen LogP contribution in [0.5, 0.6) is 5.75 Å². The molecule has 0 saturated heterocycles. The molecule has 0 N–H and O–H groups in total. The van der Waals surface area contributed by atoms with E-state index in [0.29, 0.717) is 0 Å². The van der Waals surface area contributed by atoms with Crippen molar-refractivity contribution in [3.05, 3.63) is 102 Å². The van der Waals surface area contributed by atoms with Crippen LogP contribution in [0.1, 0.15) is 30.0 Å². The molecule has 0 amide bonds. The molecule has 178 valence electrons. The summed E-state index contributed by atoms with van der Waals surface area (Å²) in [7, 11) is 1.62. The van der Waals surface area contributed by atoms with Gasteiger partial charge in [-0.15, -0.1) is 0 Å². The van der Waals surface area contributed by atoms with Gasteiger partial charge in [0.25, 0.3) is 5.92 Å². The molecule has 6 heteroatoms. The maximum Gasteiger partial charge on any atom is 0.273 e. The molecule has 0 aliphatic heterocycles. The fourth-order valence-corrected chi connectivity index (χ4v) is 3.88. The Labute approximate surface area is 203 Å². The zero-order chi connectivity index (χ0) is 24.8. The minimum atomic E-state index is -2.85. The first-order valence-electron chi connectivity index (χ1n) is 11.4. The number of Topliss-reactive ketones (excluding diaryl/α,β-unsaturated/α-hetero) is 1. The molecule has 0 saturated carbocycles. The lowest BCUT2D eigenvalue weighted by molar-refractivity contribution is -0.117. The van der Waals surface area contributed by atoms with Crippen LogP contribution in [-0.2, 0) is 23.6 Å². The monoisotopic (exact) mass is 472 g/mol. The second kappa shape index (κ2) is 10.6. The SMILES string of the molecule is CCC(F)(F)c1ccc(CC(=O)Cc2ccc(-c3nccnc3-c3ccc(OC)cc3)cc2)cc1. The molecular weight excluding hydrogens is 446 g/mol. The van der Waals surface area contributed by atoms with Crippen molar-refractivity contribution in [2.24, 2.45) is 0 Å². The van der Waals surface area contributed by atoms with Crippen LogP contribution in [0, 0.1) is 0 Å². The average Bonchev–Trinajstić information content (AvgIpc) is 2.89. The number of methoxy groups -OCH3 is 1. The van der Waals surface area contributed by atoms with Gasteiger partial charge in [0.05, 0.1) is 18.5 Å². The third-order valence-corrected chi connectivity index (χ3v) is 5.91. The van der Waals surface area contributed by atoms with E-state index in [1.54, 1.807) is 31.6 Å². The smallest absolute Gasteiger partial charge is 0.273 e. The molecule has 4 aromatic rings. The van der Waals surface area contributed by atoms with Gasteiger partial charge in [-0.2, -0.15) is 0 Å². The Morgan fingerprint density at radius 1 is 0.771 bits per heavy atom. The summed E-state index contributed by atoms with van der Waals surface area (Å²) in [5.74, 6) is -2.06. The molecular formula is C29H26F2N2O2. The number of rotatable bonds is 9. The molecule has 0 bridgehead atoms. The number of benzene rings is 3. The van der Waals surface area contributed by atoms with E-state index >= 15 is 0 Å². The molecule has 0 radical (unpaired) electrons. The highest BCUT2D eigenvalue weighted by atomic mass is 19.3. The van der Waals surface area contributed by atoms with Crippen molar-refractivity contribution < 1.29 is 18.3 Å². The van der Waals surface area contributed by atoms with E-state index in [9.17, 15) is 13.6 Å². The summed E-state index contributed by atoms with van der Waals surface area (Å²) in [5.41, 5.74) is 4.91. The lowest BCUT2D eigenvalue weighted by Gasteiger charge is -2.14. The van der Waals surface area contributed by atoms with Crippen LogP contribution in [0.3, 0.4) is 0 Å². The van der Waals surface area contributed by atoms with Crippen LogP contribution in [-0.4, -0.2) is 22.9 Å². The highest BCUT2D eigenvalue weighted by Crippen LogP contribution is 2.32. The van der Waals surface area contributed by atoms with Crippen molar-refractivity contribution in [1.29, 1.82) is 0 Å². The molecule has 1 heterocycles. The number of hydrogen-bond acceptors (Lipinski definition) is 4. The van der Waals surface area contributed by atoms with E-state index in [1.165, 1.54) is 19.1 Å². The second-order valence-corrected chi connectivity index (χ2v) is 8.33. The lowest BCUT2D eigenvalue weighted by Crippen LogP contribution is -2.12. The summed E-state index contributed by atoms with van der Waals surface area (Å²) >= 11 is 0. The molecule has 3 aromatic carbocycles. The Balaban J connectivity index is 1.45. The zero-order valence-electron chi connectivity index (χ0n) is 19.7. The molecule has 4 rings (SSSR count). The molecule has 0 fully saturated rings. The van der Waals surface area contributed by atoms with Crippen LogP contribution < -0.4 is 4.74 Å². The van der Waals surface area contributed by atoms with E-state index in [-0.39, 0.29) is 30.6 Å². The Kier molecular flexibility index (Phi) is 7.30. The molecule has 0 spiro atoms. The van der Waals surface area contributed by atoms with Gasteiger partial charge < -0.3 is 4.74 Å². The number of nitrogens with zero attached hydrogens (tertiary/aromatic N) is 2. The van der Waals surface area contributed by atoms with Crippen LogP contribution >= 0.6 is 0 Å². The van der Waals surface area contributed by atoms with Crippen LogP contribution in [0.2, 0.25) is 0 Å². The van der Waals surface area contributed by atoms with Gasteiger partial charge >= 0.3 is 0 Å². The minimum absolute atomic E-state index is 0.0196. The Hall–Kier alpha value is -3.93. The number of carbonyl (C=O) groups is 1. The largest absolute Gasteiger partial charge is 0.497 e. The summed E-state index contributed by atoms with van der Waals surface area (Å²) in [6, 6.07) is 21.3. The molecule has 0 unspecified atom stereocenters. The quantitative estimate of drug-likeness (QED) is 0.273. The first kappa shape index (κ1) is 24.2. The minimum Gasteiger partial charge on any atom is -0.497 e. The van der Waals surface area contributed by atoms with E-state index < -0.39 is 5.92 Å². The van der Waals surface area contributed by atoms with Crippen LogP contribution in [0.25, 0.3) is 22.5 Å². The Bertz CT molecular complexity index is 1290. The van der Waals surface area contributed by atoms with Gasteiger partial charge in [-0.05, 0) is 35.4 Å². The van der Waals surface area contributed by atoms with Crippen molar-refractivity contribution in [3.8, 4) is 28.3 Å². The highest BCUT2D eigenvalue weighted by molar-refractivity contribution is 5.83. The maximum absolute atomic E-state index is 13.8. The number of carbonyl (C=O) groups excluding carboxylic acids is 1. The van der Waals surface area contributed by atoms with Gasteiger partial charge in [-0.25, -0.2) is 8.78 Å². The lowest BCUT2D eigenvalue weighted by atomic mass is 9.98. The third kappa shape index (κ3) is 5.77. The Morgan fingerprint density at radius 2 is 1.23 bits per heavy atom. The van der Waals surface area contributed by atoms with Crippen molar-refractivity contribution in [2.45, 2.75) is 32.1 Å². The van der Waals surface area contributed by atoms with Gasteiger partial charge in [-0.1, -0.05) is 55.5 Å².